The minimum absolute atomic E-state index is 0.0814. The standard InChI is InChI=1S/C17H26N2O3.C2HF3O2/c1-3-14-4-5-15(22-14)12-18-8-6-17(7-9-18)13-19(16(17)20)10-11-21-2;3-2(4,5)1(6)7/h4-5H,3,6-13H2,1-2H3;(H,6,7). The second kappa shape index (κ2) is 9.62. The summed E-state index contributed by atoms with van der Waals surface area (Å²) in [5, 5.41) is 7.12. The van der Waals surface area contributed by atoms with Crippen molar-refractivity contribution in [2.75, 3.05) is 39.9 Å². The predicted molar refractivity (Wildman–Crippen MR) is 97.2 cm³/mol. The molecule has 164 valence electrons. The van der Waals surface area contributed by atoms with Crippen LogP contribution in [0.15, 0.2) is 16.5 Å². The van der Waals surface area contributed by atoms with Crippen molar-refractivity contribution < 1.29 is 37.0 Å². The number of β-lactam (4-membered cyclic amide) rings is 1. The molecule has 1 amide bonds. The number of furan rings is 1. The summed E-state index contributed by atoms with van der Waals surface area (Å²) in [4.78, 5) is 25.6. The van der Waals surface area contributed by atoms with Crippen LogP contribution in [0.4, 0.5) is 13.2 Å². The highest BCUT2D eigenvalue weighted by atomic mass is 19.4. The van der Waals surface area contributed by atoms with Crippen LogP contribution in [0.1, 0.15) is 31.3 Å². The Labute approximate surface area is 167 Å². The van der Waals surface area contributed by atoms with E-state index in [1.165, 1.54) is 0 Å². The van der Waals surface area contributed by atoms with Crippen LogP contribution in [0.25, 0.3) is 0 Å². The third kappa shape index (κ3) is 5.96. The van der Waals surface area contributed by atoms with Gasteiger partial charge < -0.3 is 19.2 Å². The fourth-order valence-electron chi connectivity index (χ4n) is 3.56. The van der Waals surface area contributed by atoms with E-state index in [1.807, 2.05) is 4.90 Å². The third-order valence-corrected chi connectivity index (χ3v) is 5.30. The molecule has 2 aliphatic rings. The number of rotatable bonds is 6. The number of aliphatic carboxylic acids is 1. The number of halogens is 3. The minimum Gasteiger partial charge on any atom is -0.475 e. The van der Waals surface area contributed by atoms with Crippen molar-refractivity contribution >= 4 is 11.9 Å². The third-order valence-electron chi connectivity index (χ3n) is 5.30. The van der Waals surface area contributed by atoms with Gasteiger partial charge in [-0.25, -0.2) is 4.79 Å². The molecule has 2 fully saturated rings. The Morgan fingerprint density at radius 2 is 1.86 bits per heavy atom. The summed E-state index contributed by atoms with van der Waals surface area (Å²) in [6, 6.07) is 4.13. The van der Waals surface area contributed by atoms with Crippen molar-refractivity contribution in [1.82, 2.24) is 9.80 Å². The largest absolute Gasteiger partial charge is 0.490 e. The number of carboxylic acid groups (broad SMARTS) is 1. The van der Waals surface area contributed by atoms with Crippen LogP contribution in [0, 0.1) is 5.41 Å². The number of carbonyl (C=O) groups excluding carboxylic acids is 1. The number of hydrogen-bond acceptors (Lipinski definition) is 5. The van der Waals surface area contributed by atoms with Gasteiger partial charge in [-0.3, -0.25) is 9.69 Å². The normalized spacial score (nSPS) is 18.9. The van der Waals surface area contributed by atoms with Gasteiger partial charge in [0.2, 0.25) is 5.91 Å². The molecule has 7 nitrogen and oxygen atoms in total. The van der Waals surface area contributed by atoms with Crippen LogP contribution in [0.5, 0.6) is 0 Å². The van der Waals surface area contributed by atoms with Gasteiger partial charge in [-0.05, 0) is 38.1 Å². The molecule has 0 saturated carbocycles. The molecule has 1 aromatic heterocycles. The van der Waals surface area contributed by atoms with Crippen molar-refractivity contribution in [1.29, 1.82) is 0 Å². The summed E-state index contributed by atoms with van der Waals surface area (Å²) in [7, 11) is 1.68. The highest BCUT2D eigenvalue weighted by Crippen LogP contribution is 2.41. The monoisotopic (exact) mass is 420 g/mol. The van der Waals surface area contributed by atoms with Gasteiger partial charge in [0.25, 0.3) is 0 Å². The van der Waals surface area contributed by atoms with Gasteiger partial charge in [-0.1, -0.05) is 6.92 Å². The number of likely N-dealkylation sites (tertiary alicyclic amines) is 2. The highest BCUT2D eigenvalue weighted by molar-refractivity contribution is 5.89. The van der Waals surface area contributed by atoms with Crippen LogP contribution in [0.2, 0.25) is 0 Å². The van der Waals surface area contributed by atoms with E-state index in [2.05, 4.69) is 24.0 Å². The fourth-order valence-corrected chi connectivity index (χ4v) is 3.56. The average Bonchev–Trinajstić information content (AvgIpc) is 3.13. The minimum atomic E-state index is -5.08. The quantitative estimate of drug-likeness (QED) is 0.713. The summed E-state index contributed by atoms with van der Waals surface area (Å²) >= 11 is 0. The van der Waals surface area contributed by atoms with Gasteiger partial charge in [0.15, 0.2) is 0 Å². The number of amides is 1. The number of hydrogen-bond donors (Lipinski definition) is 1. The van der Waals surface area contributed by atoms with Crippen molar-refractivity contribution in [3.05, 3.63) is 23.7 Å². The topological polar surface area (TPSA) is 83.2 Å². The fraction of sp³-hybridized carbons (Fsp3) is 0.684. The summed E-state index contributed by atoms with van der Waals surface area (Å²) < 4.78 is 42.6. The van der Waals surface area contributed by atoms with Crippen molar-refractivity contribution in [3.63, 3.8) is 0 Å². The Morgan fingerprint density at radius 3 is 2.31 bits per heavy atom. The second-order valence-electron chi connectivity index (χ2n) is 7.30. The average molecular weight is 420 g/mol. The Balaban J connectivity index is 0.000000370. The van der Waals surface area contributed by atoms with Gasteiger partial charge >= 0.3 is 12.1 Å². The first-order valence-corrected chi connectivity index (χ1v) is 9.49. The molecule has 2 saturated heterocycles. The number of carbonyl (C=O) groups is 2. The second-order valence-corrected chi connectivity index (χ2v) is 7.30. The van der Waals surface area contributed by atoms with Crippen molar-refractivity contribution in [2.45, 2.75) is 38.9 Å². The maximum absolute atomic E-state index is 12.4. The molecule has 1 aromatic rings. The van der Waals surface area contributed by atoms with E-state index in [0.717, 1.165) is 63.5 Å². The number of methoxy groups -OCH3 is 1. The van der Waals surface area contributed by atoms with E-state index in [1.54, 1.807) is 7.11 Å². The number of ether oxygens (including phenoxy) is 1. The smallest absolute Gasteiger partial charge is 0.475 e. The van der Waals surface area contributed by atoms with Gasteiger partial charge in [0.05, 0.1) is 18.6 Å². The number of carboxylic acids is 1. The molecule has 3 heterocycles. The molecule has 0 atom stereocenters. The zero-order valence-electron chi connectivity index (χ0n) is 16.6. The molecule has 10 heteroatoms. The molecule has 1 spiro atoms. The molecule has 0 aromatic carbocycles. The number of aryl methyl sites for hydroxylation is 1. The van der Waals surface area contributed by atoms with Crippen molar-refractivity contribution in [2.24, 2.45) is 5.41 Å². The molecule has 0 aliphatic carbocycles. The maximum atomic E-state index is 12.4. The van der Waals surface area contributed by atoms with Crippen LogP contribution < -0.4 is 0 Å². The van der Waals surface area contributed by atoms with Gasteiger partial charge in [-0.15, -0.1) is 0 Å². The van der Waals surface area contributed by atoms with E-state index < -0.39 is 12.1 Å². The van der Waals surface area contributed by atoms with Crippen molar-refractivity contribution in [3.8, 4) is 0 Å². The lowest BCUT2D eigenvalue weighted by molar-refractivity contribution is -0.192. The Bertz CT molecular complexity index is 696. The molecule has 3 rings (SSSR count). The summed E-state index contributed by atoms with van der Waals surface area (Å²) in [5.41, 5.74) is -0.0814. The van der Waals surface area contributed by atoms with Crippen LogP contribution >= 0.6 is 0 Å². The lowest BCUT2D eigenvalue weighted by atomic mass is 9.71. The highest BCUT2D eigenvalue weighted by Gasteiger charge is 2.52. The molecule has 0 bridgehead atoms. The Hall–Kier alpha value is -2.07. The van der Waals surface area contributed by atoms with E-state index >= 15 is 0 Å². The molecule has 0 unspecified atom stereocenters. The van der Waals surface area contributed by atoms with E-state index in [-0.39, 0.29) is 5.41 Å². The summed E-state index contributed by atoms with van der Waals surface area (Å²) in [5.74, 6) is -0.344. The van der Waals surface area contributed by atoms with Crippen LogP contribution in [-0.4, -0.2) is 72.9 Å². The van der Waals surface area contributed by atoms with Crippen LogP contribution in [0.3, 0.4) is 0 Å². The van der Waals surface area contributed by atoms with Gasteiger partial charge in [-0.2, -0.15) is 13.2 Å². The molecule has 1 N–H and O–H groups in total. The SMILES string of the molecule is CCc1ccc(CN2CCC3(CC2)CN(CCOC)C3=O)o1.O=C(O)C(F)(F)F. The maximum Gasteiger partial charge on any atom is 0.490 e. The zero-order valence-corrected chi connectivity index (χ0v) is 16.6. The van der Waals surface area contributed by atoms with Gasteiger partial charge in [0, 0.05) is 26.6 Å². The van der Waals surface area contributed by atoms with E-state index in [9.17, 15) is 18.0 Å². The zero-order chi connectivity index (χ0) is 21.7. The first-order chi connectivity index (χ1) is 13.6. The lowest BCUT2D eigenvalue weighted by Gasteiger charge is -2.52. The van der Waals surface area contributed by atoms with E-state index in [4.69, 9.17) is 19.1 Å². The van der Waals surface area contributed by atoms with Crippen LogP contribution in [-0.2, 0) is 27.3 Å². The van der Waals surface area contributed by atoms with E-state index in [0.29, 0.717) is 12.5 Å². The number of alkyl halides is 3. The Kier molecular flexibility index (Phi) is 7.70. The lowest BCUT2D eigenvalue weighted by Crippen LogP contribution is -2.64. The van der Waals surface area contributed by atoms with Gasteiger partial charge in [0.1, 0.15) is 11.5 Å². The molecule has 0 radical (unpaired) electrons. The Morgan fingerprint density at radius 1 is 1.28 bits per heavy atom. The first-order valence-electron chi connectivity index (χ1n) is 9.49. The molecule has 29 heavy (non-hydrogen) atoms. The molecular weight excluding hydrogens is 393 g/mol. The number of nitrogens with zero attached hydrogens (tertiary/aromatic N) is 2. The number of piperidine rings is 1. The summed E-state index contributed by atoms with van der Waals surface area (Å²) in [6.07, 6.45) is -2.21. The first kappa shape index (κ1) is 23.2. The predicted octanol–water partition coefficient (Wildman–Crippen LogP) is 2.55. The summed E-state index contributed by atoms with van der Waals surface area (Å²) in [6.45, 7) is 7.18. The molecular formula is C19H27F3N2O5. The molecule has 2 aliphatic heterocycles.